The summed E-state index contributed by atoms with van der Waals surface area (Å²) in [7, 11) is 1.71. The zero-order chi connectivity index (χ0) is 17.5. The van der Waals surface area contributed by atoms with Crippen LogP contribution >= 0.6 is 11.6 Å². The fourth-order valence-electron chi connectivity index (χ4n) is 2.20. The summed E-state index contributed by atoms with van der Waals surface area (Å²) in [5.74, 6) is -0.397. The Bertz CT molecular complexity index is 672. The number of nitrogens with one attached hydrogen (secondary N) is 2. The fourth-order valence-corrected chi connectivity index (χ4v) is 2.38. The summed E-state index contributed by atoms with van der Waals surface area (Å²) < 4.78 is 0. The van der Waals surface area contributed by atoms with Gasteiger partial charge in [-0.05, 0) is 37.7 Å². The molecular weight excluding hydrogens is 326 g/mol. The number of amides is 2. The second-order valence-corrected chi connectivity index (χ2v) is 5.97. The minimum atomic E-state index is -0.228. The van der Waals surface area contributed by atoms with Gasteiger partial charge in [-0.25, -0.2) is 0 Å². The van der Waals surface area contributed by atoms with E-state index in [1.54, 1.807) is 36.2 Å². The van der Waals surface area contributed by atoms with Gasteiger partial charge in [0.2, 0.25) is 11.8 Å². The van der Waals surface area contributed by atoms with Crippen LogP contribution in [0.1, 0.15) is 5.56 Å². The highest BCUT2D eigenvalue weighted by atomic mass is 35.5. The lowest BCUT2D eigenvalue weighted by atomic mass is 10.2. The molecule has 0 aliphatic rings. The Hall–Kier alpha value is -2.37. The minimum Gasteiger partial charge on any atom is -0.325 e. The van der Waals surface area contributed by atoms with Crippen molar-refractivity contribution in [2.75, 3.05) is 30.8 Å². The molecule has 2 N–H and O–H groups in total. The number of likely N-dealkylation sites (N-methyl/N-ethyl adjacent to an activating group) is 1. The Balaban J connectivity index is 1.83. The highest BCUT2D eigenvalue weighted by molar-refractivity contribution is 6.33. The summed E-state index contributed by atoms with van der Waals surface area (Å²) in [6.07, 6.45) is 0. The van der Waals surface area contributed by atoms with Crippen LogP contribution in [0.3, 0.4) is 0 Å². The standard InChI is InChI=1S/C18H20ClN3O2/c1-13-7-3-5-9-15(13)20-17(23)11-22(2)12-18(24)21-16-10-6-4-8-14(16)19/h3-10H,11-12H2,1-2H3,(H,20,23)(H,21,24). The second-order valence-electron chi connectivity index (χ2n) is 5.56. The van der Waals surface area contributed by atoms with E-state index in [0.717, 1.165) is 11.3 Å². The van der Waals surface area contributed by atoms with E-state index in [-0.39, 0.29) is 24.9 Å². The number of hydrogen-bond donors (Lipinski definition) is 2. The highest BCUT2D eigenvalue weighted by Gasteiger charge is 2.12. The van der Waals surface area contributed by atoms with Crippen molar-refractivity contribution in [3.63, 3.8) is 0 Å². The first kappa shape index (κ1) is 18.0. The maximum atomic E-state index is 12.1. The molecule has 0 heterocycles. The summed E-state index contributed by atoms with van der Waals surface area (Å²) in [5.41, 5.74) is 2.32. The molecule has 0 aliphatic carbocycles. The lowest BCUT2D eigenvalue weighted by molar-refractivity contribution is -0.119. The van der Waals surface area contributed by atoms with E-state index in [2.05, 4.69) is 10.6 Å². The van der Waals surface area contributed by atoms with Gasteiger partial charge in [-0.2, -0.15) is 0 Å². The van der Waals surface area contributed by atoms with Crippen molar-refractivity contribution in [2.24, 2.45) is 0 Å². The van der Waals surface area contributed by atoms with Crippen molar-refractivity contribution in [3.05, 3.63) is 59.1 Å². The first-order valence-electron chi connectivity index (χ1n) is 7.54. The molecular formula is C18H20ClN3O2. The lowest BCUT2D eigenvalue weighted by Gasteiger charge is -2.17. The maximum Gasteiger partial charge on any atom is 0.238 e. The van der Waals surface area contributed by atoms with Gasteiger partial charge in [0.1, 0.15) is 0 Å². The van der Waals surface area contributed by atoms with Gasteiger partial charge in [0.25, 0.3) is 0 Å². The molecule has 0 saturated heterocycles. The van der Waals surface area contributed by atoms with Gasteiger partial charge >= 0.3 is 0 Å². The van der Waals surface area contributed by atoms with Crippen LogP contribution in [0.5, 0.6) is 0 Å². The third kappa shape index (κ3) is 5.37. The van der Waals surface area contributed by atoms with Gasteiger partial charge in [0, 0.05) is 5.69 Å². The van der Waals surface area contributed by atoms with Crippen molar-refractivity contribution in [2.45, 2.75) is 6.92 Å². The van der Waals surface area contributed by atoms with E-state index in [4.69, 9.17) is 11.6 Å². The summed E-state index contributed by atoms with van der Waals surface area (Å²) in [5, 5.41) is 6.05. The minimum absolute atomic E-state index is 0.0897. The molecule has 0 unspecified atom stereocenters. The molecule has 2 aromatic carbocycles. The topological polar surface area (TPSA) is 61.4 Å². The molecule has 126 valence electrons. The normalized spacial score (nSPS) is 10.5. The van der Waals surface area contributed by atoms with Crippen LogP contribution in [0.4, 0.5) is 11.4 Å². The van der Waals surface area contributed by atoms with Crippen molar-refractivity contribution in [3.8, 4) is 0 Å². The van der Waals surface area contributed by atoms with Gasteiger partial charge in [-0.15, -0.1) is 0 Å². The summed E-state index contributed by atoms with van der Waals surface area (Å²) >= 11 is 6.00. The van der Waals surface area contributed by atoms with Crippen molar-refractivity contribution in [1.29, 1.82) is 0 Å². The van der Waals surface area contributed by atoms with Gasteiger partial charge in [-0.1, -0.05) is 41.9 Å². The SMILES string of the molecule is Cc1ccccc1NC(=O)CN(C)CC(=O)Nc1ccccc1Cl. The Labute approximate surface area is 146 Å². The van der Waals surface area contributed by atoms with Crippen LogP contribution in [0.2, 0.25) is 5.02 Å². The highest BCUT2D eigenvalue weighted by Crippen LogP contribution is 2.20. The van der Waals surface area contributed by atoms with Gasteiger partial charge in [-0.3, -0.25) is 14.5 Å². The van der Waals surface area contributed by atoms with Gasteiger partial charge < -0.3 is 10.6 Å². The number of carbonyl (C=O) groups excluding carboxylic acids is 2. The monoisotopic (exact) mass is 345 g/mol. The number of rotatable bonds is 6. The first-order valence-corrected chi connectivity index (χ1v) is 7.92. The predicted molar refractivity (Wildman–Crippen MR) is 97.4 cm³/mol. The number of carbonyl (C=O) groups is 2. The van der Waals surface area contributed by atoms with Gasteiger partial charge in [0.15, 0.2) is 0 Å². The number of aryl methyl sites for hydroxylation is 1. The van der Waals surface area contributed by atoms with E-state index < -0.39 is 0 Å². The van der Waals surface area contributed by atoms with Crippen LogP contribution in [0.15, 0.2) is 48.5 Å². The van der Waals surface area contributed by atoms with Crippen LogP contribution in [-0.4, -0.2) is 36.9 Å². The molecule has 0 aromatic heterocycles. The van der Waals surface area contributed by atoms with Crippen LogP contribution in [0, 0.1) is 6.92 Å². The first-order chi connectivity index (χ1) is 11.5. The fraction of sp³-hybridized carbons (Fsp3) is 0.222. The summed E-state index contributed by atoms with van der Waals surface area (Å²) in [6, 6.07) is 14.6. The molecule has 0 bridgehead atoms. The molecule has 0 saturated carbocycles. The van der Waals surface area contributed by atoms with E-state index in [1.807, 2.05) is 31.2 Å². The quantitative estimate of drug-likeness (QED) is 0.845. The number of nitrogens with zero attached hydrogens (tertiary/aromatic N) is 1. The van der Waals surface area contributed by atoms with Gasteiger partial charge in [0.05, 0.1) is 23.8 Å². The van der Waals surface area contributed by atoms with Crippen LogP contribution in [-0.2, 0) is 9.59 Å². The molecule has 0 spiro atoms. The molecule has 24 heavy (non-hydrogen) atoms. The van der Waals surface area contributed by atoms with E-state index in [1.165, 1.54) is 0 Å². The molecule has 5 nitrogen and oxygen atoms in total. The summed E-state index contributed by atoms with van der Waals surface area (Å²) in [4.78, 5) is 25.7. The lowest BCUT2D eigenvalue weighted by Crippen LogP contribution is -2.36. The van der Waals surface area contributed by atoms with Crippen LogP contribution in [0.25, 0.3) is 0 Å². The molecule has 0 fully saturated rings. The third-order valence-corrected chi connectivity index (χ3v) is 3.72. The number of anilines is 2. The Morgan fingerprint density at radius 1 is 0.917 bits per heavy atom. The average molecular weight is 346 g/mol. The zero-order valence-corrected chi connectivity index (χ0v) is 14.4. The van der Waals surface area contributed by atoms with E-state index in [0.29, 0.717) is 10.7 Å². The Morgan fingerprint density at radius 2 is 1.42 bits per heavy atom. The Morgan fingerprint density at radius 3 is 2.00 bits per heavy atom. The van der Waals surface area contributed by atoms with Crippen molar-refractivity contribution in [1.82, 2.24) is 4.90 Å². The molecule has 6 heteroatoms. The maximum absolute atomic E-state index is 12.1. The van der Waals surface area contributed by atoms with Crippen LogP contribution < -0.4 is 10.6 Å². The molecule has 0 atom stereocenters. The number of halogens is 1. The van der Waals surface area contributed by atoms with Crippen molar-refractivity contribution < 1.29 is 9.59 Å². The zero-order valence-electron chi connectivity index (χ0n) is 13.7. The molecule has 0 aliphatic heterocycles. The summed E-state index contributed by atoms with van der Waals surface area (Å²) in [6.45, 7) is 2.13. The number of hydrogen-bond acceptors (Lipinski definition) is 3. The average Bonchev–Trinajstić information content (AvgIpc) is 2.51. The van der Waals surface area contributed by atoms with E-state index >= 15 is 0 Å². The second kappa shape index (κ2) is 8.47. The Kier molecular flexibility index (Phi) is 6.35. The molecule has 2 aromatic rings. The smallest absolute Gasteiger partial charge is 0.238 e. The third-order valence-electron chi connectivity index (χ3n) is 3.39. The predicted octanol–water partition coefficient (Wildman–Crippen LogP) is 3.16. The number of para-hydroxylation sites is 2. The largest absolute Gasteiger partial charge is 0.325 e. The molecule has 2 amide bonds. The molecule has 0 radical (unpaired) electrons. The van der Waals surface area contributed by atoms with E-state index in [9.17, 15) is 9.59 Å². The van der Waals surface area contributed by atoms with Crippen molar-refractivity contribution >= 4 is 34.8 Å². The number of benzene rings is 2. The molecule has 2 rings (SSSR count).